The molecule has 0 N–H and O–H groups in total. The molecule has 0 amide bonds. The molecule has 15 rings (SSSR count). The van der Waals surface area contributed by atoms with Gasteiger partial charge in [-0.15, -0.1) is 11.3 Å². The van der Waals surface area contributed by atoms with Crippen molar-refractivity contribution in [1.82, 2.24) is 0 Å². The second-order valence-electron chi connectivity index (χ2n) is 19.9. The Labute approximate surface area is 445 Å². The molecule has 0 aliphatic heterocycles. The monoisotopic (exact) mass is 985 g/mol. The molecule has 0 atom stereocenters. The Morgan fingerprint density at radius 2 is 0.803 bits per heavy atom. The van der Waals surface area contributed by atoms with Crippen LogP contribution in [-0.4, -0.2) is 0 Å². The second-order valence-corrected chi connectivity index (χ2v) is 21.0. The van der Waals surface area contributed by atoms with E-state index >= 15 is 0 Å². The van der Waals surface area contributed by atoms with E-state index in [0.29, 0.717) is 0 Å². The maximum absolute atomic E-state index is 6.30. The van der Waals surface area contributed by atoms with Gasteiger partial charge in [0.1, 0.15) is 11.2 Å². The molecule has 0 saturated carbocycles. The summed E-state index contributed by atoms with van der Waals surface area (Å²) in [6.45, 7) is 0. The molecule has 76 heavy (non-hydrogen) atoms. The Morgan fingerprint density at radius 1 is 0.289 bits per heavy atom. The smallest absolute Gasteiger partial charge is 0.136 e. The SMILES string of the molecule is c1ccc(C2(c3ccccc3)c3ccccc3-c3cc(-c4ccc(-c5cccc(N(c6ccc(-c7ccc8sc9ccccc9c8c7)cc6)c6ccc(-c7cccc8oc9ccccc9c78)cc6)c5)cc4)ccc32)cc1. The molecule has 2 heterocycles. The summed E-state index contributed by atoms with van der Waals surface area (Å²) in [4.78, 5) is 2.38. The summed E-state index contributed by atoms with van der Waals surface area (Å²) in [5.41, 5.74) is 21.7. The number of furan rings is 1. The summed E-state index contributed by atoms with van der Waals surface area (Å²) in [6, 6.07) is 104. The predicted octanol–water partition coefficient (Wildman–Crippen LogP) is 20.5. The molecule has 0 bridgehead atoms. The zero-order valence-corrected chi connectivity index (χ0v) is 42.2. The van der Waals surface area contributed by atoms with Gasteiger partial charge in [0.15, 0.2) is 0 Å². The van der Waals surface area contributed by atoms with Crippen molar-refractivity contribution in [2.75, 3.05) is 4.90 Å². The molecule has 0 fully saturated rings. The maximum Gasteiger partial charge on any atom is 0.136 e. The van der Waals surface area contributed by atoms with Crippen molar-refractivity contribution in [3.8, 4) is 55.6 Å². The van der Waals surface area contributed by atoms with Crippen LogP contribution < -0.4 is 4.90 Å². The van der Waals surface area contributed by atoms with Crippen LogP contribution in [-0.2, 0) is 5.41 Å². The highest BCUT2D eigenvalue weighted by molar-refractivity contribution is 7.25. The zero-order valence-electron chi connectivity index (χ0n) is 41.4. The standard InChI is InChI=1S/C73H47NOS/c1-3-16-55(17-4-1)73(56-18-5-2-6-19-56)66-25-10-7-21-61(66)64-46-53(37-43-67(64)73)49-31-29-48(30-32-49)52-15-13-20-59(45-52)74(57-39-33-50(34-40-57)54-38-44-71-65(47-54)62-22-9-12-28-70(62)76-71)58-41-35-51(36-42-58)60-24-14-27-69-72(60)63-23-8-11-26-68(63)75-69/h1-47H. The maximum atomic E-state index is 6.30. The van der Waals surface area contributed by atoms with E-state index in [9.17, 15) is 0 Å². The highest BCUT2D eigenvalue weighted by atomic mass is 32.1. The van der Waals surface area contributed by atoms with Crippen molar-refractivity contribution in [1.29, 1.82) is 0 Å². The Morgan fingerprint density at radius 3 is 1.54 bits per heavy atom. The topological polar surface area (TPSA) is 16.4 Å². The number of hydrogen-bond donors (Lipinski definition) is 0. The van der Waals surface area contributed by atoms with E-state index in [1.54, 1.807) is 0 Å². The van der Waals surface area contributed by atoms with Gasteiger partial charge in [-0.2, -0.15) is 0 Å². The Hall–Kier alpha value is -9.54. The van der Waals surface area contributed by atoms with Crippen molar-refractivity contribution >= 4 is 70.5 Å². The van der Waals surface area contributed by atoms with Gasteiger partial charge in [0.25, 0.3) is 0 Å². The largest absolute Gasteiger partial charge is 0.456 e. The molecule has 0 radical (unpaired) electrons. The first-order chi connectivity index (χ1) is 37.7. The van der Waals surface area contributed by atoms with Gasteiger partial charge in [-0.25, -0.2) is 0 Å². The van der Waals surface area contributed by atoms with Crippen LogP contribution in [0.15, 0.2) is 290 Å². The van der Waals surface area contributed by atoms with Gasteiger partial charge in [0.05, 0.1) is 5.41 Å². The summed E-state index contributed by atoms with van der Waals surface area (Å²) in [7, 11) is 0. The van der Waals surface area contributed by atoms with E-state index < -0.39 is 5.41 Å². The highest BCUT2D eigenvalue weighted by Gasteiger charge is 2.46. The first-order valence-electron chi connectivity index (χ1n) is 26.0. The number of rotatable bonds is 9. The molecule has 1 aliphatic rings. The lowest BCUT2D eigenvalue weighted by molar-refractivity contribution is 0.669. The quantitative estimate of drug-likeness (QED) is 0.143. The predicted molar refractivity (Wildman–Crippen MR) is 320 cm³/mol. The fourth-order valence-corrected chi connectivity index (χ4v) is 13.4. The third-order valence-corrected chi connectivity index (χ3v) is 16.9. The molecule has 3 heteroatoms. The van der Waals surface area contributed by atoms with Crippen molar-refractivity contribution in [2.45, 2.75) is 5.41 Å². The average molecular weight is 986 g/mol. The van der Waals surface area contributed by atoms with E-state index in [-0.39, 0.29) is 0 Å². The third kappa shape index (κ3) is 7.08. The summed E-state index contributed by atoms with van der Waals surface area (Å²) in [5.74, 6) is 0. The molecular formula is C73H47NOS. The normalized spacial score (nSPS) is 12.6. The first-order valence-corrected chi connectivity index (χ1v) is 26.9. The number of benzene rings is 12. The fraction of sp³-hybridized carbons (Fsp3) is 0.0137. The number of nitrogens with zero attached hydrogens (tertiary/aromatic N) is 1. The second kappa shape index (κ2) is 17.8. The van der Waals surface area contributed by atoms with Crippen LogP contribution in [0.25, 0.3) is 97.7 Å². The summed E-state index contributed by atoms with van der Waals surface area (Å²) in [5, 5.41) is 4.88. The van der Waals surface area contributed by atoms with E-state index in [4.69, 9.17) is 4.42 Å². The van der Waals surface area contributed by atoms with E-state index in [0.717, 1.165) is 61.3 Å². The van der Waals surface area contributed by atoms with Gasteiger partial charge in [0, 0.05) is 48.0 Å². The Kier molecular flexibility index (Phi) is 10.3. The number of fused-ring (bicyclic) bond motifs is 9. The molecule has 0 unspecified atom stereocenters. The molecule has 2 aromatic heterocycles. The number of thiophene rings is 1. The van der Waals surface area contributed by atoms with Gasteiger partial charge in [0.2, 0.25) is 0 Å². The molecule has 12 aromatic carbocycles. The van der Waals surface area contributed by atoms with Crippen LogP contribution in [0.5, 0.6) is 0 Å². The van der Waals surface area contributed by atoms with Crippen molar-refractivity contribution in [3.63, 3.8) is 0 Å². The molecule has 2 nitrogen and oxygen atoms in total. The highest BCUT2D eigenvalue weighted by Crippen LogP contribution is 2.57. The van der Waals surface area contributed by atoms with Crippen LogP contribution in [0.3, 0.4) is 0 Å². The minimum atomic E-state index is -0.418. The summed E-state index contributed by atoms with van der Waals surface area (Å²) < 4.78 is 8.93. The summed E-state index contributed by atoms with van der Waals surface area (Å²) >= 11 is 1.86. The Balaban J connectivity index is 0.793. The van der Waals surface area contributed by atoms with Gasteiger partial charge in [-0.3, -0.25) is 0 Å². The zero-order chi connectivity index (χ0) is 50.2. The average Bonchev–Trinajstić information content (AvgIpc) is 4.21. The van der Waals surface area contributed by atoms with E-state index in [1.807, 2.05) is 23.5 Å². The molecule has 356 valence electrons. The van der Waals surface area contributed by atoms with Crippen LogP contribution in [0.4, 0.5) is 17.1 Å². The number of hydrogen-bond acceptors (Lipinski definition) is 3. The molecule has 0 spiro atoms. The van der Waals surface area contributed by atoms with Crippen molar-refractivity contribution in [3.05, 3.63) is 307 Å². The first kappa shape index (κ1) is 44.0. The third-order valence-electron chi connectivity index (χ3n) is 15.8. The van der Waals surface area contributed by atoms with Gasteiger partial charge < -0.3 is 9.32 Å². The minimum absolute atomic E-state index is 0.418. The van der Waals surface area contributed by atoms with Crippen LogP contribution >= 0.6 is 11.3 Å². The number of anilines is 3. The lowest BCUT2D eigenvalue weighted by Crippen LogP contribution is -2.28. The lowest BCUT2D eigenvalue weighted by atomic mass is 9.67. The van der Waals surface area contributed by atoms with Gasteiger partial charge in [-0.1, -0.05) is 212 Å². The van der Waals surface area contributed by atoms with Crippen molar-refractivity contribution < 1.29 is 4.42 Å². The fourth-order valence-electron chi connectivity index (χ4n) is 12.3. The molecule has 1 aliphatic carbocycles. The lowest BCUT2D eigenvalue weighted by Gasteiger charge is -2.33. The van der Waals surface area contributed by atoms with Crippen molar-refractivity contribution in [2.24, 2.45) is 0 Å². The van der Waals surface area contributed by atoms with Gasteiger partial charge in [-0.05, 0) is 151 Å². The molecule has 0 saturated heterocycles. The van der Waals surface area contributed by atoms with Gasteiger partial charge >= 0.3 is 0 Å². The molecular weight excluding hydrogens is 939 g/mol. The van der Waals surface area contributed by atoms with E-state index in [1.165, 1.54) is 75.8 Å². The summed E-state index contributed by atoms with van der Waals surface area (Å²) in [6.07, 6.45) is 0. The molecule has 14 aromatic rings. The van der Waals surface area contributed by atoms with Crippen LogP contribution in [0, 0.1) is 0 Å². The van der Waals surface area contributed by atoms with E-state index in [2.05, 4.69) is 278 Å². The minimum Gasteiger partial charge on any atom is -0.456 e. The number of para-hydroxylation sites is 1. The Bertz CT molecular complexity index is 4450. The van der Waals surface area contributed by atoms with Crippen LogP contribution in [0.2, 0.25) is 0 Å². The van der Waals surface area contributed by atoms with Crippen LogP contribution in [0.1, 0.15) is 22.3 Å².